The number of nitrogens with zero attached hydrogens (tertiary/aromatic N) is 1. The van der Waals surface area contributed by atoms with Crippen molar-refractivity contribution in [3.8, 4) is 0 Å². The van der Waals surface area contributed by atoms with E-state index in [2.05, 4.69) is 0 Å². The van der Waals surface area contributed by atoms with Gasteiger partial charge in [0.2, 0.25) is 0 Å². The van der Waals surface area contributed by atoms with Gasteiger partial charge in [0.25, 0.3) is 0 Å². The Morgan fingerprint density at radius 1 is 0.815 bits per heavy atom. The molecule has 3 aromatic carbocycles. The Labute approximate surface area is 160 Å². The molecule has 3 aromatic rings. The van der Waals surface area contributed by atoms with E-state index < -0.39 is 11.7 Å². The molecule has 1 aliphatic rings. The fraction of sp³-hybridized carbons (Fsp3) is 0.136. The Morgan fingerprint density at radius 2 is 1.48 bits per heavy atom. The molecule has 0 fully saturated rings. The lowest BCUT2D eigenvalue weighted by atomic mass is 10.0. The molecule has 5 heteroatoms. The van der Waals surface area contributed by atoms with Gasteiger partial charge in [-0.1, -0.05) is 54.6 Å². The van der Waals surface area contributed by atoms with E-state index in [9.17, 15) is 13.2 Å². The number of thioether (sulfide) groups is 1. The summed E-state index contributed by atoms with van der Waals surface area (Å²) < 4.78 is 38.6. The van der Waals surface area contributed by atoms with E-state index >= 15 is 0 Å². The minimum absolute atomic E-state index is 0.00473. The number of hydrogen-bond acceptors (Lipinski definition) is 2. The summed E-state index contributed by atoms with van der Waals surface area (Å²) in [6.45, 7) is 0. The second kappa shape index (κ2) is 7.24. The molecule has 0 saturated carbocycles. The van der Waals surface area contributed by atoms with Crippen LogP contribution in [0.3, 0.4) is 0 Å². The van der Waals surface area contributed by atoms with Crippen LogP contribution in [-0.4, -0.2) is 5.71 Å². The van der Waals surface area contributed by atoms with E-state index in [1.165, 1.54) is 0 Å². The average molecular weight is 383 g/mol. The fourth-order valence-corrected chi connectivity index (χ4v) is 4.33. The van der Waals surface area contributed by atoms with Crippen LogP contribution >= 0.6 is 11.8 Å². The van der Waals surface area contributed by atoms with Crippen LogP contribution in [0.15, 0.2) is 88.8 Å². The zero-order chi connectivity index (χ0) is 18.9. The second-order valence-corrected chi connectivity index (χ2v) is 7.57. The first-order valence-electron chi connectivity index (χ1n) is 8.56. The minimum Gasteiger partial charge on any atom is -0.252 e. The molecule has 0 saturated heterocycles. The van der Waals surface area contributed by atoms with Gasteiger partial charge in [0, 0.05) is 22.3 Å². The molecule has 0 amide bonds. The zero-order valence-corrected chi connectivity index (χ0v) is 15.1. The van der Waals surface area contributed by atoms with E-state index in [1.54, 1.807) is 23.9 Å². The van der Waals surface area contributed by atoms with Crippen LogP contribution in [0.2, 0.25) is 0 Å². The van der Waals surface area contributed by atoms with Gasteiger partial charge in [-0.2, -0.15) is 13.2 Å². The van der Waals surface area contributed by atoms with E-state index in [4.69, 9.17) is 4.99 Å². The van der Waals surface area contributed by atoms with Crippen molar-refractivity contribution >= 4 is 23.2 Å². The monoisotopic (exact) mass is 383 g/mol. The van der Waals surface area contributed by atoms with Crippen molar-refractivity contribution in [2.45, 2.75) is 22.7 Å². The van der Waals surface area contributed by atoms with Crippen molar-refractivity contribution in [2.24, 2.45) is 4.99 Å². The maximum Gasteiger partial charge on any atom is 0.416 e. The Kier molecular flexibility index (Phi) is 4.79. The quantitative estimate of drug-likeness (QED) is 0.461. The van der Waals surface area contributed by atoms with Crippen molar-refractivity contribution in [2.75, 3.05) is 0 Å². The van der Waals surface area contributed by atoms with Crippen LogP contribution < -0.4 is 0 Å². The number of alkyl halides is 3. The molecule has 27 heavy (non-hydrogen) atoms. The van der Waals surface area contributed by atoms with Gasteiger partial charge in [0.1, 0.15) is 0 Å². The third-order valence-corrected chi connectivity index (χ3v) is 5.81. The SMILES string of the molecule is FC(F)(F)c1ccc(C2CC(c3ccccc3)=Nc3ccccc3S2)cc1. The van der Waals surface area contributed by atoms with Crippen molar-refractivity contribution in [3.63, 3.8) is 0 Å². The van der Waals surface area contributed by atoms with E-state index in [-0.39, 0.29) is 5.25 Å². The summed E-state index contributed by atoms with van der Waals surface area (Å²) in [5.41, 5.74) is 3.12. The van der Waals surface area contributed by atoms with Gasteiger partial charge in [-0.15, -0.1) is 11.8 Å². The highest BCUT2D eigenvalue weighted by Gasteiger charge is 2.30. The molecule has 1 unspecified atom stereocenters. The molecule has 136 valence electrons. The first-order chi connectivity index (χ1) is 13.0. The first-order valence-corrected chi connectivity index (χ1v) is 9.44. The van der Waals surface area contributed by atoms with Crippen LogP contribution in [0.5, 0.6) is 0 Å². The van der Waals surface area contributed by atoms with Gasteiger partial charge in [0.05, 0.1) is 11.3 Å². The molecule has 0 aromatic heterocycles. The van der Waals surface area contributed by atoms with E-state index in [1.807, 2.05) is 54.6 Å². The zero-order valence-electron chi connectivity index (χ0n) is 14.3. The van der Waals surface area contributed by atoms with Gasteiger partial charge in [0.15, 0.2) is 0 Å². The predicted octanol–water partition coefficient (Wildman–Crippen LogP) is 7.06. The molecule has 4 rings (SSSR count). The summed E-state index contributed by atoms with van der Waals surface area (Å²) in [5, 5.41) is -0.00473. The molecule has 0 bridgehead atoms. The van der Waals surface area contributed by atoms with Gasteiger partial charge in [-0.25, -0.2) is 0 Å². The summed E-state index contributed by atoms with van der Waals surface area (Å²) in [4.78, 5) is 5.89. The van der Waals surface area contributed by atoms with Crippen molar-refractivity contribution in [1.82, 2.24) is 0 Å². The van der Waals surface area contributed by atoms with Crippen LogP contribution in [-0.2, 0) is 6.18 Å². The number of aliphatic imine (C=N–C) groups is 1. The van der Waals surface area contributed by atoms with Crippen LogP contribution in [0.1, 0.15) is 28.4 Å². The van der Waals surface area contributed by atoms with Gasteiger partial charge < -0.3 is 0 Å². The Balaban J connectivity index is 1.73. The Hall–Kier alpha value is -2.53. The van der Waals surface area contributed by atoms with E-state index in [0.717, 1.165) is 39.6 Å². The molecule has 0 aliphatic carbocycles. The second-order valence-electron chi connectivity index (χ2n) is 6.32. The molecular weight excluding hydrogens is 367 g/mol. The minimum atomic E-state index is -4.32. The largest absolute Gasteiger partial charge is 0.416 e. The summed E-state index contributed by atoms with van der Waals surface area (Å²) in [7, 11) is 0. The smallest absolute Gasteiger partial charge is 0.252 e. The molecule has 1 heterocycles. The third-order valence-electron chi connectivity index (χ3n) is 4.49. The Morgan fingerprint density at radius 3 is 2.19 bits per heavy atom. The average Bonchev–Trinajstić information content (AvgIpc) is 2.88. The molecule has 1 aliphatic heterocycles. The Bertz CT molecular complexity index is 963. The normalized spacial score (nSPS) is 17.0. The summed E-state index contributed by atoms with van der Waals surface area (Å²) in [6, 6.07) is 23.3. The summed E-state index contributed by atoms with van der Waals surface area (Å²) in [6.07, 6.45) is -3.67. The summed E-state index contributed by atoms with van der Waals surface area (Å²) in [5.74, 6) is 0. The predicted molar refractivity (Wildman–Crippen MR) is 104 cm³/mol. The molecule has 0 N–H and O–H groups in total. The maximum atomic E-state index is 12.9. The number of fused-ring (bicyclic) bond motifs is 1. The maximum absolute atomic E-state index is 12.9. The molecule has 1 atom stereocenters. The van der Waals surface area contributed by atoms with Crippen LogP contribution in [0, 0.1) is 0 Å². The van der Waals surface area contributed by atoms with E-state index in [0.29, 0.717) is 6.42 Å². The standard InChI is InChI=1S/C22H16F3NS/c23-22(24,25)17-12-10-16(11-13-17)21-14-19(15-6-2-1-3-7-15)26-18-8-4-5-9-20(18)27-21/h1-13,21H,14H2. The topological polar surface area (TPSA) is 12.4 Å². The lowest BCUT2D eigenvalue weighted by molar-refractivity contribution is -0.137. The number of para-hydroxylation sites is 1. The lowest BCUT2D eigenvalue weighted by Crippen LogP contribution is -2.07. The van der Waals surface area contributed by atoms with Gasteiger partial charge in [-0.05, 0) is 35.4 Å². The summed E-state index contributed by atoms with van der Waals surface area (Å²) >= 11 is 1.65. The number of halogens is 3. The number of rotatable bonds is 2. The van der Waals surface area contributed by atoms with Crippen LogP contribution in [0.25, 0.3) is 0 Å². The number of benzene rings is 3. The molecule has 1 nitrogen and oxygen atoms in total. The highest BCUT2D eigenvalue weighted by molar-refractivity contribution is 7.99. The van der Waals surface area contributed by atoms with Crippen LogP contribution in [0.4, 0.5) is 18.9 Å². The number of hydrogen-bond donors (Lipinski definition) is 0. The first kappa shape index (κ1) is 17.9. The highest BCUT2D eigenvalue weighted by Crippen LogP contribution is 2.45. The lowest BCUT2D eigenvalue weighted by Gasteiger charge is -2.17. The molecule has 0 radical (unpaired) electrons. The van der Waals surface area contributed by atoms with Crippen molar-refractivity contribution in [1.29, 1.82) is 0 Å². The van der Waals surface area contributed by atoms with Gasteiger partial charge >= 0.3 is 6.18 Å². The highest BCUT2D eigenvalue weighted by atomic mass is 32.2. The fourth-order valence-electron chi connectivity index (χ4n) is 3.10. The third kappa shape index (κ3) is 3.93. The van der Waals surface area contributed by atoms with Gasteiger partial charge in [-0.3, -0.25) is 4.99 Å². The van der Waals surface area contributed by atoms with Crippen molar-refractivity contribution in [3.05, 3.63) is 95.6 Å². The van der Waals surface area contributed by atoms with Crippen molar-refractivity contribution < 1.29 is 13.2 Å². The molecule has 0 spiro atoms. The molecular formula is C22H16F3NS.